The van der Waals surface area contributed by atoms with Gasteiger partial charge in [-0.15, -0.1) is 0 Å². The summed E-state index contributed by atoms with van der Waals surface area (Å²) in [4.78, 5) is 2.44. The minimum Gasteiger partial charge on any atom is -0.390 e. The zero-order valence-electron chi connectivity index (χ0n) is 13.6. The van der Waals surface area contributed by atoms with E-state index in [1.54, 1.807) is 0 Å². The van der Waals surface area contributed by atoms with E-state index in [9.17, 15) is 5.11 Å². The van der Waals surface area contributed by atoms with Gasteiger partial charge in [-0.3, -0.25) is 0 Å². The normalized spacial score (nSPS) is 24.5. The first-order chi connectivity index (χ1) is 8.79. The zero-order valence-corrected chi connectivity index (χ0v) is 13.6. The van der Waals surface area contributed by atoms with Crippen LogP contribution in [0.2, 0.25) is 0 Å². The van der Waals surface area contributed by atoms with Crippen molar-refractivity contribution in [3.63, 3.8) is 0 Å². The van der Waals surface area contributed by atoms with Gasteiger partial charge in [0.15, 0.2) is 0 Å². The fourth-order valence-electron chi connectivity index (χ4n) is 2.94. The van der Waals surface area contributed by atoms with Gasteiger partial charge in [-0.05, 0) is 43.7 Å². The van der Waals surface area contributed by atoms with E-state index in [-0.39, 0.29) is 6.10 Å². The SMILES string of the molecule is CC(C)NCC(O)CN1CCCC(C(C)(C)C)CC1. The predicted octanol–water partition coefficient (Wildman–Crippen LogP) is 2.49. The summed E-state index contributed by atoms with van der Waals surface area (Å²) >= 11 is 0. The summed E-state index contributed by atoms with van der Waals surface area (Å²) in [5.41, 5.74) is 0.424. The van der Waals surface area contributed by atoms with Gasteiger partial charge in [-0.2, -0.15) is 0 Å². The number of β-amino-alcohol motifs (C(OH)–C–C–N with tert-alkyl or cyclic N) is 1. The molecule has 1 saturated heterocycles. The minimum absolute atomic E-state index is 0.242. The predicted molar refractivity (Wildman–Crippen MR) is 82.4 cm³/mol. The van der Waals surface area contributed by atoms with E-state index in [2.05, 4.69) is 44.8 Å². The summed E-state index contributed by atoms with van der Waals surface area (Å²) in [6.45, 7) is 15.1. The van der Waals surface area contributed by atoms with Crippen molar-refractivity contribution >= 4 is 0 Å². The molecule has 2 unspecified atom stereocenters. The Morgan fingerprint density at radius 3 is 2.47 bits per heavy atom. The average molecular weight is 270 g/mol. The van der Waals surface area contributed by atoms with E-state index in [0.717, 1.165) is 25.6 Å². The highest BCUT2D eigenvalue weighted by Crippen LogP contribution is 2.34. The molecule has 0 amide bonds. The number of hydrogen-bond acceptors (Lipinski definition) is 3. The second kappa shape index (κ2) is 7.61. The van der Waals surface area contributed by atoms with Gasteiger partial charge in [0.05, 0.1) is 6.10 Å². The minimum atomic E-state index is -0.242. The van der Waals surface area contributed by atoms with Crippen molar-refractivity contribution in [1.29, 1.82) is 0 Å². The molecule has 0 bridgehead atoms. The van der Waals surface area contributed by atoms with Crippen molar-refractivity contribution in [2.75, 3.05) is 26.2 Å². The Kier molecular flexibility index (Phi) is 6.78. The summed E-state index contributed by atoms with van der Waals surface area (Å²) in [6, 6.07) is 0.448. The second-order valence-electron chi connectivity index (χ2n) is 7.51. The van der Waals surface area contributed by atoms with Gasteiger partial charge in [-0.1, -0.05) is 34.6 Å². The van der Waals surface area contributed by atoms with Gasteiger partial charge in [-0.25, -0.2) is 0 Å². The fraction of sp³-hybridized carbons (Fsp3) is 1.00. The van der Waals surface area contributed by atoms with E-state index in [1.807, 2.05) is 0 Å². The molecule has 0 saturated carbocycles. The Hall–Kier alpha value is -0.120. The van der Waals surface area contributed by atoms with E-state index in [4.69, 9.17) is 0 Å². The monoisotopic (exact) mass is 270 g/mol. The Morgan fingerprint density at radius 1 is 1.21 bits per heavy atom. The summed E-state index contributed by atoms with van der Waals surface area (Å²) in [5, 5.41) is 13.4. The molecule has 114 valence electrons. The topological polar surface area (TPSA) is 35.5 Å². The fourth-order valence-corrected chi connectivity index (χ4v) is 2.94. The van der Waals surface area contributed by atoms with Crippen LogP contribution in [0, 0.1) is 11.3 Å². The van der Waals surface area contributed by atoms with Gasteiger partial charge in [0, 0.05) is 19.1 Å². The lowest BCUT2D eigenvalue weighted by molar-refractivity contribution is 0.109. The molecule has 0 aromatic rings. The van der Waals surface area contributed by atoms with Crippen molar-refractivity contribution in [3.05, 3.63) is 0 Å². The molecular formula is C16H34N2O. The molecule has 1 heterocycles. The number of aliphatic hydroxyl groups excluding tert-OH is 1. The smallest absolute Gasteiger partial charge is 0.0791 e. The van der Waals surface area contributed by atoms with E-state index in [1.165, 1.54) is 19.3 Å². The van der Waals surface area contributed by atoms with E-state index >= 15 is 0 Å². The molecule has 1 rings (SSSR count). The Labute approximate surface area is 119 Å². The van der Waals surface area contributed by atoms with Gasteiger partial charge < -0.3 is 15.3 Å². The molecule has 2 atom stereocenters. The largest absolute Gasteiger partial charge is 0.390 e. The highest BCUT2D eigenvalue weighted by atomic mass is 16.3. The molecule has 2 N–H and O–H groups in total. The van der Waals surface area contributed by atoms with Crippen molar-refractivity contribution < 1.29 is 5.11 Å². The van der Waals surface area contributed by atoms with Crippen molar-refractivity contribution in [1.82, 2.24) is 10.2 Å². The molecule has 1 fully saturated rings. The maximum absolute atomic E-state index is 10.1. The molecule has 0 aromatic carbocycles. The van der Waals surface area contributed by atoms with Crippen LogP contribution in [0.1, 0.15) is 53.9 Å². The standard InChI is InChI=1S/C16H34N2O/c1-13(2)17-11-15(19)12-18-9-6-7-14(8-10-18)16(3,4)5/h13-15,17,19H,6-12H2,1-5H3. The van der Waals surface area contributed by atoms with Gasteiger partial charge >= 0.3 is 0 Å². The van der Waals surface area contributed by atoms with E-state index in [0.29, 0.717) is 18.0 Å². The first-order valence-electron chi connectivity index (χ1n) is 7.93. The van der Waals surface area contributed by atoms with Crippen LogP contribution in [0.5, 0.6) is 0 Å². The molecule has 0 radical (unpaired) electrons. The maximum atomic E-state index is 10.1. The summed E-state index contributed by atoms with van der Waals surface area (Å²) in [7, 11) is 0. The molecule has 1 aliphatic rings. The van der Waals surface area contributed by atoms with Crippen LogP contribution >= 0.6 is 0 Å². The van der Waals surface area contributed by atoms with Gasteiger partial charge in [0.2, 0.25) is 0 Å². The van der Waals surface area contributed by atoms with Gasteiger partial charge in [0.1, 0.15) is 0 Å². The van der Waals surface area contributed by atoms with Crippen LogP contribution in [-0.4, -0.2) is 48.3 Å². The second-order valence-corrected chi connectivity index (χ2v) is 7.51. The Bertz CT molecular complexity index is 248. The van der Waals surface area contributed by atoms with Crippen molar-refractivity contribution in [2.24, 2.45) is 11.3 Å². The van der Waals surface area contributed by atoms with Crippen molar-refractivity contribution in [2.45, 2.75) is 66.0 Å². The highest BCUT2D eigenvalue weighted by Gasteiger charge is 2.27. The number of aliphatic hydroxyl groups is 1. The lowest BCUT2D eigenvalue weighted by atomic mass is 9.77. The van der Waals surface area contributed by atoms with Crippen LogP contribution in [-0.2, 0) is 0 Å². The molecule has 19 heavy (non-hydrogen) atoms. The number of likely N-dealkylation sites (tertiary alicyclic amines) is 1. The number of rotatable bonds is 5. The van der Waals surface area contributed by atoms with Crippen LogP contribution in [0.25, 0.3) is 0 Å². The summed E-state index contributed by atoms with van der Waals surface area (Å²) < 4.78 is 0. The molecular weight excluding hydrogens is 236 g/mol. The number of nitrogens with one attached hydrogen (secondary N) is 1. The van der Waals surface area contributed by atoms with E-state index < -0.39 is 0 Å². The summed E-state index contributed by atoms with van der Waals surface area (Å²) in [5.74, 6) is 0.823. The third-order valence-corrected chi connectivity index (χ3v) is 4.28. The molecule has 0 aromatic heterocycles. The molecule has 0 spiro atoms. The first kappa shape index (κ1) is 16.9. The van der Waals surface area contributed by atoms with Crippen LogP contribution in [0.4, 0.5) is 0 Å². The van der Waals surface area contributed by atoms with Crippen LogP contribution < -0.4 is 5.32 Å². The number of nitrogens with zero attached hydrogens (tertiary/aromatic N) is 1. The lowest BCUT2D eigenvalue weighted by Crippen LogP contribution is -2.40. The Morgan fingerprint density at radius 2 is 1.89 bits per heavy atom. The highest BCUT2D eigenvalue weighted by molar-refractivity contribution is 4.80. The van der Waals surface area contributed by atoms with Crippen LogP contribution in [0.3, 0.4) is 0 Å². The Balaban J connectivity index is 2.33. The third-order valence-electron chi connectivity index (χ3n) is 4.28. The maximum Gasteiger partial charge on any atom is 0.0791 e. The quantitative estimate of drug-likeness (QED) is 0.806. The van der Waals surface area contributed by atoms with Crippen molar-refractivity contribution in [3.8, 4) is 0 Å². The third kappa shape index (κ3) is 6.73. The molecule has 1 aliphatic heterocycles. The zero-order chi connectivity index (χ0) is 14.5. The average Bonchev–Trinajstić information content (AvgIpc) is 2.51. The van der Waals surface area contributed by atoms with Crippen LogP contribution in [0.15, 0.2) is 0 Å². The molecule has 0 aliphatic carbocycles. The molecule has 3 nitrogen and oxygen atoms in total. The summed E-state index contributed by atoms with van der Waals surface area (Å²) in [6.07, 6.45) is 3.63. The van der Waals surface area contributed by atoms with Gasteiger partial charge in [0.25, 0.3) is 0 Å². The molecule has 3 heteroatoms. The lowest BCUT2D eigenvalue weighted by Gasteiger charge is -2.30. The number of hydrogen-bond donors (Lipinski definition) is 2. The first-order valence-corrected chi connectivity index (χ1v) is 7.93.